The highest BCUT2D eigenvalue weighted by molar-refractivity contribution is 6.40. The molecular formula is C26H14Cl3NO5. The maximum Gasteiger partial charge on any atom is 0.241 e. The predicted molar refractivity (Wildman–Crippen MR) is 129 cm³/mol. The van der Waals surface area contributed by atoms with E-state index in [2.05, 4.69) is 0 Å². The molecule has 0 saturated carbocycles. The van der Waals surface area contributed by atoms with E-state index in [4.69, 9.17) is 39.5 Å². The van der Waals surface area contributed by atoms with E-state index in [0.29, 0.717) is 10.6 Å². The molecule has 1 spiro atoms. The van der Waals surface area contributed by atoms with Crippen LogP contribution in [0.2, 0.25) is 15.1 Å². The van der Waals surface area contributed by atoms with Crippen LogP contribution < -0.4 is 4.90 Å². The molecular weight excluding hydrogens is 513 g/mol. The standard InChI is InChI=1S/C26H14Cl3NO5/c27-13-7-5-12(6-8-13)21-19-20(25(34)30(24(19)33)18-11-14(28)9-10-17(18)29)26(35-21)22(31)15-3-1-2-4-16(15)23(26)32/h1-11,19-21H/t19-,20-,21+/m0/s1. The Morgan fingerprint density at radius 3 is 1.97 bits per heavy atom. The van der Waals surface area contributed by atoms with Crippen LogP contribution in [-0.4, -0.2) is 29.0 Å². The number of Topliss-reactive ketones (excluding diaryl/α,β-unsaturated/α-hetero) is 2. The summed E-state index contributed by atoms with van der Waals surface area (Å²) in [6.45, 7) is 0. The smallest absolute Gasteiger partial charge is 0.241 e. The van der Waals surface area contributed by atoms with Crippen molar-refractivity contribution in [3.05, 3.63) is 98.5 Å². The molecule has 3 aliphatic rings. The summed E-state index contributed by atoms with van der Waals surface area (Å²) in [5.74, 6) is -5.15. The van der Waals surface area contributed by atoms with Crippen LogP contribution in [0.4, 0.5) is 5.69 Å². The van der Waals surface area contributed by atoms with Crippen molar-refractivity contribution in [3.63, 3.8) is 0 Å². The van der Waals surface area contributed by atoms with Crippen LogP contribution in [0.3, 0.4) is 0 Å². The molecule has 0 N–H and O–H groups in total. The van der Waals surface area contributed by atoms with E-state index in [1.165, 1.54) is 30.3 Å². The summed E-state index contributed by atoms with van der Waals surface area (Å²) in [4.78, 5) is 56.1. The van der Waals surface area contributed by atoms with Crippen molar-refractivity contribution < 1.29 is 23.9 Å². The third kappa shape index (κ3) is 2.94. The molecule has 2 aliphatic heterocycles. The number of benzene rings is 3. The van der Waals surface area contributed by atoms with Crippen LogP contribution in [-0.2, 0) is 14.3 Å². The van der Waals surface area contributed by atoms with Gasteiger partial charge in [0.25, 0.3) is 0 Å². The number of ketones is 2. The van der Waals surface area contributed by atoms with Gasteiger partial charge >= 0.3 is 0 Å². The number of ether oxygens (including phenoxy) is 1. The van der Waals surface area contributed by atoms with E-state index in [-0.39, 0.29) is 26.9 Å². The molecule has 2 fully saturated rings. The zero-order valence-electron chi connectivity index (χ0n) is 17.7. The number of amides is 2. The number of halogens is 3. The summed E-state index contributed by atoms with van der Waals surface area (Å²) < 4.78 is 6.22. The Morgan fingerprint density at radius 1 is 0.743 bits per heavy atom. The zero-order chi connectivity index (χ0) is 24.6. The molecule has 174 valence electrons. The molecule has 2 saturated heterocycles. The monoisotopic (exact) mass is 525 g/mol. The van der Waals surface area contributed by atoms with Crippen LogP contribution in [0.5, 0.6) is 0 Å². The van der Waals surface area contributed by atoms with Gasteiger partial charge in [0.2, 0.25) is 29.0 Å². The second kappa shape index (κ2) is 7.73. The Morgan fingerprint density at radius 2 is 1.34 bits per heavy atom. The maximum absolute atomic E-state index is 13.9. The van der Waals surface area contributed by atoms with Gasteiger partial charge in [-0.15, -0.1) is 0 Å². The van der Waals surface area contributed by atoms with Crippen LogP contribution in [0.25, 0.3) is 0 Å². The number of imide groups is 1. The third-order valence-corrected chi connectivity index (χ3v) is 7.67. The summed E-state index contributed by atoms with van der Waals surface area (Å²) in [5, 5.41) is 0.851. The zero-order valence-corrected chi connectivity index (χ0v) is 20.0. The largest absolute Gasteiger partial charge is 0.349 e. The molecule has 2 heterocycles. The lowest BCUT2D eigenvalue weighted by molar-refractivity contribution is -0.127. The van der Waals surface area contributed by atoms with Crippen molar-refractivity contribution in [1.29, 1.82) is 0 Å². The SMILES string of the molecule is O=C1[C@@H]2[C@@H](c3ccc(Cl)cc3)OC3(C(=O)c4ccccc4C3=O)[C@@H]2C(=O)N1c1cc(Cl)ccc1Cl. The average Bonchev–Trinajstić information content (AvgIpc) is 3.41. The topological polar surface area (TPSA) is 80.8 Å². The minimum absolute atomic E-state index is 0.0870. The number of nitrogens with zero attached hydrogens (tertiary/aromatic N) is 1. The number of hydrogen-bond donors (Lipinski definition) is 0. The van der Waals surface area contributed by atoms with Crippen molar-refractivity contribution in [2.75, 3.05) is 4.90 Å². The predicted octanol–water partition coefficient (Wildman–Crippen LogP) is 5.34. The molecule has 1 aliphatic carbocycles. The summed E-state index contributed by atoms with van der Waals surface area (Å²) >= 11 is 18.5. The van der Waals surface area contributed by atoms with Crippen LogP contribution in [0.15, 0.2) is 66.7 Å². The molecule has 0 radical (unpaired) electrons. The van der Waals surface area contributed by atoms with E-state index in [9.17, 15) is 19.2 Å². The van der Waals surface area contributed by atoms with Gasteiger partial charge in [0.1, 0.15) is 0 Å². The second-order valence-electron chi connectivity index (χ2n) is 8.64. The van der Waals surface area contributed by atoms with Crippen molar-refractivity contribution in [2.45, 2.75) is 11.7 Å². The number of anilines is 1. The summed E-state index contributed by atoms with van der Waals surface area (Å²) in [5.41, 5.74) is -1.24. The second-order valence-corrected chi connectivity index (χ2v) is 9.92. The summed E-state index contributed by atoms with van der Waals surface area (Å²) in [6.07, 6.45) is -1.04. The number of carbonyl (C=O) groups excluding carboxylic acids is 4. The van der Waals surface area contributed by atoms with Crippen LogP contribution in [0.1, 0.15) is 32.4 Å². The molecule has 0 bridgehead atoms. The van der Waals surface area contributed by atoms with E-state index in [1.54, 1.807) is 36.4 Å². The van der Waals surface area contributed by atoms with Gasteiger partial charge in [-0.1, -0.05) is 71.2 Å². The first kappa shape index (κ1) is 22.4. The maximum atomic E-state index is 13.9. The lowest BCUT2D eigenvalue weighted by atomic mass is 9.77. The van der Waals surface area contributed by atoms with E-state index >= 15 is 0 Å². The van der Waals surface area contributed by atoms with Crippen molar-refractivity contribution in [3.8, 4) is 0 Å². The van der Waals surface area contributed by atoms with Crippen molar-refractivity contribution in [2.24, 2.45) is 11.8 Å². The first-order valence-corrected chi connectivity index (χ1v) is 11.8. The lowest BCUT2D eigenvalue weighted by Gasteiger charge is -2.27. The summed E-state index contributed by atoms with van der Waals surface area (Å²) in [6, 6.07) is 17.2. The molecule has 9 heteroatoms. The van der Waals surface area contributed by atoms with Gasteiger partial charge in [-0.3, -0.25) is 19.2 Å². The highest BCUT2D eigenvalue weighted by atomic mass is 35.5. The number of hydrogen-bond acceptors (Lipinski definition) is 5. The number of carbonyl (C=O) groups is 4. The van der Waals surface area contributed by atoms with Crippen LogP contribution >= 0.6 is 34.8 Å². The van der Waals surface area contributed by atoms with E-state index < -0.39 is 46.9 Å². The van der Waals surface area contributed by atoms with Gasteiger partial charge < -0.3 is 4.74 Å². The van der Waals surface area contributed by atoms with Crippen molar-refractivity contribution >= 4 is 63.9 Å². The Balaban J connectivity index is 1.56. The Hall–Kier alpha value is -3.03. The minimum atomic E-state index is -2.16. The minimum Gasteiger partial charge on any atom is -0.349 e. The Labute approximate surface area is 214 Å². The van der Waals surface area contributed by atoms with Gasteiger partial charge in [0.15, 0.2) is 0 Å². The Kier molecular flexibility index (Phi) is 4.96. The normalized spacial score (nSPS) is 24.4. The molecule has 0 unspecified atom stereocenters. The number of fused-ring (bicyclic) bond motifs is 3. The first-order chi connectivity index (χ1) is 16.8. The van der Waals surface area contributed by atoms with Gasteiger partial charge in [-0.05, 0) is 35.9 Å². The van der Waals surface area contributed by atoms with E-state index in [0.717, 1.165) is 4.90 Å². The molecule has 3 aromatic carbocycles. The highest BCUT2D eigenvalue weighted by Gasteiger charge is 2.74. The first-order valence-electron chi connectivity index (χ1n) is 10.7. The van der Waals surface area contributed by atoms with Gasteiger partial charge in [0, 0.05) is 21.2 Å². The quantitative estimate of drug-likeness (QED) is 0.333. The van der Waals surface area contributed by atoms with E-state index in [1.807, 2.05) is 0 Å². The van der Waals surface area contributed by atoms with Crippen molar-refractivity contribution in [1.82, 2.24) is 0 Å². The highest BCUT2D eigenvalue weighted by Crippen LogP contribution is 2.58. The third-order valence-electron chi connectivity index (χ3n) is 6.87. The fraction of sp³-hybridized carbons (Fsp3) is 0.154. The molecule has 3 atom stereocenters. The molecule has 3 aromatic rings. The van der Waals surface area contributed by atoms with Gasteiger partial charge in [-0.25, -0.2) is 4.90 Å². The average molecular weight is 527 g/mol. The fourth-order valence-electron chi connectivity index (χ4n) is 5.37. The Bertz CT molecular complexity index is 1430. The molecule has 6 nitrogen and oxygen atoms in total. The van der Waals surface area contributed by atoms with Gasteiger partial charge in [-0.2, -0.15) is 0 Å². The molecule has 6 rings (SSSR count). The molecule has 35 heavy (non-hydrogen) atoms. The fourth-order valence-corrected chi connectivity index (χ4v) is 5.86. The van der Waals surface area contributed by atoms with Crippen LogP contribution in [0, 0.1) is 11.8 Å². The lowest BCUT2D eigenvalue weighted by Crippen LogP contribution is -2.51. The molecule has 0 aromatic heterocycles. The summed E-state index contributed by atoms with van der Waals surface area (Å²) in [7, 11) is 0. The number of rotatable bonds is 2. The van der Waals surface area contributed by atoms with Gasteiger partial charge in [0.05, 0.1) is 28.6 Å². The molecule has 2 amide bonds.